The Kier molecular flexibility index (Phi) is 7.09. The van der Waals surface area contributed by atoms with E-state index in [-0.39, 0.29) is 36.6 Å². The molecule has 5 nitrogen and oxygen atoms in total. The van der Waals surface area contributed by atoms with Crippen molar-refractivity contribution in [2.45, 2.75) is 38.1 Å². The summed E-state index contributed by atoms with van der Waals surface area (Å²) in [6.45, 7) is 0. The first kappa shape index (κ1) is 20.7. The van der Waals surface area contributed by atoms with E-state index in [1.165, 1.54) is 19.3 Å². The molecule has 1 aromatic carbocycles. The van der Waals surface area contributed by atoms with Gasteiger partial charge in [0, 0.05) is 24.4 Å². The highest BCUT2D eigenvalue weighted by Gasteiger charge is 2.40. The van der Waals surface area contributed by atoms with Gasteiger partial charge in [-0.15, -0.1) is 24.8 Å². The maximum absolute atomic E-state index is 12.9. The summed E-state index contributed by atoms with van der Waals surface area (Å²) < 4.78 is 1.92. The Morgan fingerprint density at radius 1 is 1.15 bits per heavy atom. The fraction of sp³-hybridized carbons (Fsp3) is 0.474. The van der Waals surface area contributed by atoms with Crippen molar-refractivity contribution >= 4 is 36.4 Å². The van der Waals surface area contributed by atoms with Gasteiger partial charge < -0.3 is 15.6 Å². The number of imidazole rings is 1. The number of carbonyl (C=O) groups is 1. The number of benzene rings is 1. The van der Waals surface area contributed by atoms with Gasteiger partial charge in [0.15, 0.2) is 0 Å². The summed E-state index contributed by atoms with van der Waals surface area (Å²) in [6, 6.07) is 8.14. The molecule has 2 aromatic rings. The van der Waals surface area contributed by atoms with Gasteiger partial charge in [0.25, 0.3) is 0 Å². The first-order chi connectivity index (χ1) is 11.7. The Morgan fingerprint density at radius 3 is 2.50 bits per heavy atom. The van der Waals surface area contributed by atoms with Crippen LogP contribution in [0.15, 0.2) is 43.0 Å². The summed E-state index contributed by atoms with van der Waals surface area (Å²) in [5, 5.41) is 3.14. The van der Waals surface area contributed by atoms with Gasteiger partial charge in [0.1, 0.15) is 0 Å². The van der Waals surface area contributed by atoms with Crippen molar-refractivity contribution in [1.29, 1.82) is 0 Å². The Balaban J connectivity index is 0.00000121. The molecule has 1 amide bonds. The second kappa shape index (κ2) is 8.89. The molecule has 0 radical (unpaired) electrons. The number of nitrogens with one attached hydrogen (secondary N) is 1. The summed E-state index contributed by atoms with van der Waals surface area (Å²) in [5.41, 5.74) is 8.12. The van der Waals surface area contributed by atoms with E-state index in [0.717, 1.165) is 24.2 Å². The molecule has 2 fully saturated rings. The third kappa shape index (κ3) is 4.05. The monoisotopic (exact) mass is 396 g/mol. The maximum Gasteiger partial charge on any atom is 0.227 e. The lowest BCUT2D eigenvalue weighted by Gasteiger charge is -2.43. The molecule has 2 aliphatic rings. The zero-order valence-electron chi connectivity index (χ0n) is 14.6. The minimum Gasteiger partial charge on any atom is -0.327 e. The van der Waals surface area contributed by atoms with Gasteiger partial charge in [-0.05, 0) is 49.7 Å². The van der Waals surface area contributed by atoms with Crippen LogP contribution in [0, 0.1) is 17.8 Å². The quantitative estimate of drug-likeness (QED) is 0.827. The average Bonchev–Trinajstić information content (AvgIpc) is 3.09. The van der Waals surface area contributed by atoms with Gasteiger partial charge in [-0.1, -0.05) is 18.6 Å². The van der Waals surface area contributed by atoms with Crippen LogP contribution in [0.1, 0.15) is 32.1 Å². The SMILES string of the molecule is Cl.Cl.NC1C2CCCC1CC(C(=O)Nc1ccccc1-n1ccnc1)C2. The Labute approximate surface area is 166 Å². The van der Waals surface area contributed by atoms with Crippen LogP contribution in [-0.4, -0.2) is 21.5 Å². The highest BCUT2D eigenvalue weighted by Crippen LogP contribution is 2.42. The third-order valence-electron chi connectivity index (χ3n) is 5.73. The minimum atomic E-state index is 0. The van der Waals surface area contributed by atoms with Gasteiger partial charge in [-0.25, -0.2) is 4.98 Å². The van der Waals surface area contributed by atoms with Gasteiger partial charge in [0.05, 0.1) is 17.7 Å². The third-order valence-corrected chi connectivity index (χ3v) is 5.73. The number of hydrogen-bond acceptors (Lipinski definition) is 3. The van der Waals surface area contributed by atoms with Crippen LogP contribution in [-0.2, 0) is 4.79 Å². The van der Waals surface area contributed by atoms with Crippen LogP contribution in [0.2, 0.25) is 0 Å². The van der Waals surface area contributed by atoms with Crippen molar-refractivity contribution in [3.63, 3.8) is 0 Å². The summed E-state index contributed by atoms with van der Waals surface area (Å²) in [5.74, 6) is 1.23. The number of nitrogens with zero attached hydrogens (tertiary/aromatic N) is 2. The first-order valence-corrected chi connectivity index (χ1v) is 8.86. The molecule has 26 heavy (non-hydrogen) atoms. The minimum absolute atomic E-state index is 0. The summed E-state index contributed by atoms with van der Waals surface area (Å²) in [7, 11) is 0. The van der Waals surface area contributed by atoms with E-state index in [4.69, 9.17) is 5.73 Å². The lowest BCUT2D eigenvalue weighted by atomic mass is 9.65. The fourth-order valence-corrected chi connectivity index (χ4v) is 4.44. The smallest absolute Gasteiger partial charge is 0.227 e. The Morgan fingerprint density at radius 2 is 1.85 bits per heavy atom. The van der Waals surface area contributed by atoms with Crippen molar-refractivity contribution in [2.75, 3.05) is 5.32 Å². The molecule has 142 valence electrons. The van der Waals surface area contributed by atoms with Crippen LogP contribution in [0.3, 0.4) is 0 Å². The molecule has 0 aliphatic heterocycles. The van der Waals surface area contributed by atoms with Gasteiger partial charge >= 0.3 is 0 Å². The van der Waals surface area contributed by atoms with Crippen molar-refractivity contribution in [2.24, 2.45) is 23.5 Å². The lowest BCUT2D eigenvalue weighted by Crippen LogP contribution is -2.48. The highest BCUT2D eigenvalue weighted by molar-refractivity contribution is 5.94. The normalized spacial score (nSPS) is 27.0. The molecule has 2 bridgehead atoms. The van der Waals surface area contributed by atoms with Crippen molar-refractivity contribution < 1.29 is 4.79 Å². The number of anilines is 1. The van der Waals surface area contributed by atoms with Crippen molar-refractivity contribution in [1.82, 2.24) is 9.55 Å². The molecule has 1 aromatic heterocycles. The second-order valence-corrected chi connectivity index (χ2v) is 7.17. The topological polar surface area (TPSA) is 72.9 Å². The number of hydrogen-bond donors (Lipinski definition) is 2. The van der Waals surface area contributed by atoms with Gasteiger partial charge in [-0.3, -0.25) is 4.79 Å². The summed E-state index contributed by atoms with van der Waals surface area (Å²) in [6.07, 6.45) is 10.8. The molecule has 3 N–H and O–H groups in total. The zero-order chi connectivity index (χ0) is 16.5. The molecule has 2 aliphatic carbocycles. The molecule has 2 atom stereocenters. The van der Waals surface area contributed by atoms with Crippen LogP contribution in [0.25, 0.3) is 5.69 Å². The van der Waals surface area contributed by atoms with E-state index in [1.54, 1.807) is 12.5 Å². The van der Waals surface area contributed by atoms with E-state index in [0.29, 0.717) is 17.9 Å². The molecular formula is C19H26Cl2N4O. The molecule has 4 rings (SSSR count). The predicted molar refractivity (Wildman–Crippen MR) is 108 cm³/mol. The Bertz CT molecular complexity index is 708. The first-order valence-electron chi connectivity index (χ1n) is 8.86. The lowest BCUT2D eigenvalue weighted by molar-refractivity contribution is -0.122. The van der Waals surface area contributed by atoms with Crippen molar-refractivity contribution in [3.8, 4) is 5.69 Å². The maximum atomic E-state index is 12.9. The number of aromatic nitrogens is 2. The summed E-state index contributed by atoms with van der Waals surface area (Å²) in [4.78, 5) is 16.9. The second-order valence-electron chi connectivity index (χ2n) is 7.17. The van der Waals surface area contributed by atoms with Crippen LogP contribution < -0.4 is 11.1 Å². The molecule has 0 spiro atoms. The number of para-hydroxylation sites is 2. The number of fused-ring (bicyclic) bond motifs is 2. The summed E-state index contributed by atoms with van der Waals surface area (Å²) >= 11 is 0. The average molecular weight is 397 g/mol. The number of amides is 1. The standard InChI is InChI=1S/C19H24N4O.2ClH/c20-18-13-4-3-5-14(18)11-15(10-13)19(24)22-16-6-1-2-7-17(16)23-9-8-21-12-23;;/h1-2,6-9,12-15,18H,3-5,10-11,20H2,(H,22,24);2*1H. The molecule has 7 heteroatoms. The molecule has 2 saturated carbocycles. The zero-order valence-corrected chi connectivity index (χ0v) is 16.2. The molecule has 0 saturated heterocycles. The molecule has 2 unspecified atom stereocenters. The fourth-order valence-electron chi connectivity index (χ4n) is 4.44. The molecular weight excluding hydrogens is 371 g/mol. The largest absolute Gasteiger partial charge is 0.327 e. The van der Waals surface area contributed by atoms with Crippen LogP contribution >= 0.6 is 24.8 Å². The van der Waals surface area contributed by atoms with Crippen LogP contribution in [0.4, 0.5) is 5.69 Å². The number of rotatable bonds is 3. The van der Waals surface area contributed by atoms with Crippen molar-refractivity contribution in [3.05, 3.63) is 43.0 Å². The van der Waals surface area contributed by atoms with Crippen LogP contribution in [0.5, 0.6) is 0 Å². The van der Waals surface area contributed by atoms with E-state index in [9.17, 15) is 4.79 Å². The van der Waals surface area contributed by atoms with Gasteiger partial charge in [0.2, 0.25) is 5.91 Å². The van der Waals surface area contributed by atoms with E-state index in [2.05, 4.69) is 10.3 Å². The number of halogens is 2. The number of nitrogens with two attached hydrogens (primary N) is 1. The van der Waals surface area contributed by atoms with Gasteiger partial charge in [-0.2, -0.15) is 0 Å². The highest BCUT2D eigenvalue weighted by atomic mass is 35.5. The predicted octanol–water partition coefficient (Wildman–Crippen LogP) is 3.81. The Hall–Kier alpha value is -1.56. The van der Waals surface area contributed by atoms with E-state index in [1.807, 2.05) is 35.0 Å². The number of carbonyl (C=O) groups excluding carboxylic acids is 1. The molecule has 1 heterocycles. The van der Waals surface area contributed by atoms with E-state index < -0.39 is 0 Å². The van der Waals surface area contributed by atoms with E-state index >= 15 is 0 Å².